The van der Waals surface area contributed by atoms with Crippen LogP contribution in [0.15, 0.2) is 39.8 Å². The van der Waals surface area contributed by atoms with Gasteiger partial charge in [-0.2, -0.15) is 0 Å². The molecule has 0 radical (unpaired) electrons. The van der Waals surface area contributed by atoms with E-state index in [1.54, 1.807) is 22.9 Å². The number of aryl methyl sites for hydroxylation is 2. The van der Waals surface area contributed by atoms with Crippen LogP contribution >= 0.6 is 23.2 Å². The van der Waals surface area contributed by atoms with Crippen molar-refractivity contribution in [2.75, 3.05) is 0 Å². The standard InChI is InChI=1S/C18H14Cl2N4O2/c1-9-17(10(2)26-23-9)14-6-16-15(7-21-14)22-18(25)24(16)8-11-3-4-12(19)13(20)5-11/h3-7H,8H2,1-2H3,(H,22,25). The second kappa shape index (κ2) is 6.30. The monoisotopic (exact) mass is 388 g/mol. The van der Waals surface area contributed by atoms with Crippen LogP contribution in [0.5, 0.6) is 0 Å². The number of nitrogens with zero attached hydrogens (tertiary/aromatic N) is 3. The Labute approximate surface area is 158 Å². The zero-order chi connectivity index (χ0) is 18.4. The Morgan fingerprint density at radius 2 is 2.00 bits per heavy atom. The summed E-state index contributed by atoms with van der Waals surface area (Å²) in [6.45, 7) is 4.06. The Morgan fingerprint density at radius 1 is 1.19 bits per heavy atom. The molecule has 1 aromatic carbocycles. The normalized spacial score (nSPS) is 11.4. The molecule has 0 aliphatic carbocycles. The summed E-state index contributed by atoms with van der Waals surface area (Å²) in [7, 11) is 0. The molecule has 0 atom stereocenters. The first kappa shape index (κ1) is 16.9. The fourth-order valence-electron chi connectivity index (χ4n) is 3.02. The van der Waals surface area contributed by atoms with E-state index in [9.17, 15) is 4.79 Å². The predicted octanol–water partition coefficient (Wildman–Crippen LogP) is 4.35. The number of benzene rings is 1. The highest BCUT2D eigenvalue weighted by Gasteiger charge is 2.16. The first-order chi connectivity index (χ1) is 12.4. The van der Waals surface area contributed by atoms with Crippen LogP contribution in [-0.2, 0) is 6.54 Å². The number of pyridine rings is 1. The fraction of sp³-hybridized carbons (Fsp3) is 0.167. The Kier molecular flexibility index (Phi) is 4.09. The zero-order valence-corrected chi connectivity index (χ0v) is 15.5. The molecule has 4 rings (SSSR count). The number of hydrogen-bond donors (Lipinski definition) is 1. The molecule has 4 aromatic rings. The minimum atomic E-state index is -0.219. The number of H-pyrrole nitrogens is 1. The molecular weight excluding hydrogens is 375 g/mol. The molecule has 3 heterocycles. The van der Waals surface area contributed by atoms with Gasteiger partial charge >= 0.3 is 5.69 Å². The quantitative estimate of drug-likeness (QED) is 0.565. The number of fused-ring (bicyclic) bond motifs is 1. The van der Waals surface area contributed by atoms with Gasteiger partial charge in [0.2, 0.25) is 0 Å². The lowest BCUT2D eigenvalue weighted by atomic mass is 10.1. The summed E-state index contributed by atoms with van der Waals surface area (Å²) in [4.78, 5) is 19.7. The van der Waals surface area contributed by atoms with Gasteiger partial charge < -0.3 is 9.51 Å². The highest BCUT2D eigenvalue weighted by atomic mass is 35.5. The molecule has 0 amide bonds. The Bertz CT molecular complexity index is 1170. The Hall–Kier alpha value is -2.57. The largest absolute Gasteiger partial charge is 0.361 e. The summed E-state index contributed by atoms with van der Waals surface area (Å²) in [5.41, 5.74) is 4.35. The van der Waals surface area contributed by atoms with E-state index in [1.165, 1.54) is 0 Å². The molecule has 132 valence electrons. The maximum absolute atomic E-state index is 12.4. The van der Waals surface area contributed by atoms with Crippen molar-refractivity contribution < 1.29 is 4.52 Å². The van der Waals surface area contributed by atoms with Crippen molar-refractivity contribution in [3.8, 4) is 11.3 Å². The van der Waals surface area contributed by atoms with Gasteiger partial charge in [0, 0.05) is 0 Å². The Balaban J connectivity index is 1.84. The molecule has 8 heteroatoms. The lowest BCUT2D eigenvalue weighted by molar-refractivity contribution is 0.393. The smallest absolute Gasteiger partial charge is 0.326 e. The molecule has 0 spiro atoms. The third-order valence-corrected chi connectivity index (χ3v) is 5.01. The van der Waals surface area contributed by atoms with Gasteiger partial charge in [-0.1, -0.05) is 34.4 Å². The topological polar surface area (TPSA) is 76.7 Å². The summed E-state index contributed by atoms with van der Waals surface area (Å²) in [5, 5.41) is 4.90. The molecule has 0 saturated heterocycles. The van der Waals surface area contributed by atoms with Gasteiger partial charge in [0.1, 0.15) is 5.76 Å². The number of aromatic nitrogens is 4. The van der Waals surface area contributed by atoms with Crippen LogP contribution in [0.2, 0.25) is 10.0 Å². The number of imidazole rings is 1. The van der Waals surface area contributed by atoms with Gasteiger partial charge in [-0.25, -0.2) is 4.79 Å². The van der Waals surface area contributed by atoms with Gasteiger partial charge in [0.25, 0.3) is 0 Å². The van der Waals surface area contributed by atoms with Crippen LogP contribution in [0.4, 0.5) is 0 Å². The lowest BCUT2D eigenvalue weighted by Crippen LogP contribution is -2.17. The highest BCUT2D eigenvalue weighted by Crippen LogP contribution is 2.27. The third-order valence-electron chi connectivity index (χ3n) is 4.27. The van der Waals surface area contributed by atoms with Crippen LogP contribution in [0.25, 0.3) is 22.3 Å². The van der Waals surface area contributed by atoms with E-state index in [-0.39, 0.29) is 5.69 Å². The molecule has 0 saturated carbocycles. The molecule has 0 aliphatic heterocycles. The van der Waals surface area contributed by atoms with E-state index in [1.807, 2.05) is 26.0 Å². The first-order valence-corrected chi connectivity index (χ1v) is 8.65. The number of aromatic amines is 1. The van der Waals surface area contributed by atoms with Crippen molar-refractivity contribution in [2.24, 2.45) is 0 Å². The molecule has 0 aliphatic rings. The van der Waals surface area contributed by atoms with Crippen molar-refractivity contribution in [2.45, 2.75) is 20.4 Å². The van der Waals surface area contributed by atoms with Crippen LogP contribution in [0.1, 0.15) is 17.0 Å². The van der Waals surface area contributed by atoms with E-state index in [2.05, 4.69) is 15.1 Å². The maximum Gasteiger partial charge on any atom is 0.326 e. The molecule has 0 unspecified atom stereocenters. The van der Waals surface area contributed by atoms with Gasteiger partial charge in [-0.3, -0.25) is 9.55 Å². The Morgan fingerprint density at radius 3 is 2.69 bits per heavy atom. The second-order valence-corrected chi connectivity index (χ2v) is 6.87. The van der Waals surface area contributed by atoms with Crippen LogP contribution in [0.3, 0.4) is 0 Å². The van der Waals surface area contributed by atoms with Crippen molar-refractivity contribution in [3.05, 3.63) is 68.0 Å². The average Bonchev–Trinajstić information content (AvgIpc) is 3.10. The van der Waals surface area contributed by atoms with E-state index in [0.717, 1.165) is 22.3 Å². The molecule has 6 nitrogen and oxygen atoms in total. The van der Waals surface area contributed by atoms with Gasteiger partial charge in [0.05, 0.1) is 50.8 Å². The SMILES string of the molecule is Cc1noc(C)c1-c1cc2c(cn1)[nH]c(=O)n2Cc1ccc(Cl)c(Cl)c1. The predicted molar refractivity (Wildman–Crippen MR) is 101 cm³/mol. The second-order valence-electron chi connectivity index (χ2n) is 6.05. The average molecular weight is 389 g/mol. The summed E-state index contributed by atoms with van der Waals surface area (Å²) in [6, 6.07) is 7.18. The van der Waals surface area contributed by atoms with Crippen LogP contribution in [-0.4, -0.2) is 19.7 Å². The van der Waals surface area contributed by atoms with Gasteiger partial charge in [-0.15, -0.1) is 0 Å². The zero-order valence-electron chi connectivity index (χ0n) is 14.0. The number of halogens is 2. The molecule has 0 bridgehead atoms. The van der Waals surface area contributed by atoms with Gasteiger partial charge in [-0.05, 0) is 37.6 Å². The number of nitrogens with one attached hydrogen (secondary N) is 1. The molecule has 1 N–H and O–H groups in total. The van der Waals surface area contributed by atoms with Crippen molar-refractivity contribution in [1.29, 1.82) is 0 Å². The van der Waals surface area contributed by atoms with E-state index in [0.29, 0.717) is 33.6 Å². The van der Waals surface area contributed by atoms with E-state index >= 15 is 0 Å². The lowest BCUT2D eigenvalue weighted by Gasteiger charge is -2.06. The molecular formula is C18H14Cl2N4O2. The maximum atomic E-state index is 12.4. The minimum Gasteiger partial charge on any atom is -0.361 e. The third kappa shape index (κ3) is 2.81. The number of hydrogen-bond acceptors (Lipinski definition) is 4. The summed E-state index contributed by atoms with van der Waals surface area (Å²) in [5.74, 6) is 0.684. The highest BCUT2D eigenvalue weighted by molar-refractivity contribution is 6.42. The van der Waals surface area contributed by atoms with Crippen molar-refractivity contribution in [3.63, 3.8) is 0 Å². The van der Waals surface area contributed by atoms with Crippen LogP contribution < -0.4 is 5.69 Å². The molecule has 3 aromatic heterocycles. The molecule has 0 fully saturated rings. The fourth-order valence-corrected chi connectivity index (χ4v) is 3.34. The van der Waals surface area contributed by atoms with Crippen LogP contribution in [0, 0.1) is 13.8 Å². The van der Waals surface area contributed by atoms with Crippen molar-refractivity contribution >= 4 is 34.2 Å². The van der Waals surface area contributed by atoms with E-state index < -0.39 is 0 Å². The summed E-state index contributed by atoms with van der Waals surface area (Å²) in [6.07, 6.45) is 1.64. The van der Waals surface area contributed by atoms with Crippen molar-refractivity contribution in [1.82, 2.24) is 19.7 Å². The summed E-state index contributed by atoms with van der Waals surface area (Å²) >= 11 is 12.1. The number of rotatable bonds is 3. The summed E-state index contributed by atoms with van der Waals surface area (Å²) < 4.78 is 6.86. The minimum absolute atomic E-state index is 0.219. The van der Waals surface area contributed by atoms with E-state index in [4.69, 9.17) is 27.7 Å². The van der Waals surface area contributed by atoms with Gasteiger partial charge in [0.15, 0.2) is 0 Å². The molecule has 26 heavy (non-hydrogen) atoms. The first-order valence-electron chi connectivity index (χ1n) is 7.90.